The molecule has 0 fully saturated rings. The molecule has 0 aliphatic carbocycles. The summed E-state index contributed by atoms with van der Waals surface area (Å²) in [4.78, 5) is 3.25. The summed E-state index contributed by atoms with van der Waals surface area (Å²) in [5, 5.41) is 4.80. The molecular weight excluding hydrogens is 272 g/mol. The molecule has 0 spiro atoms. The van der Waals surface area contributed by atoms with Crippen LogP contribution in [-0.2, 0) is 13.1 Å². The molecule has 2 N–H and O–H groups in total. The Balaban J connectivity index is 1.67. The second kappa shape index (κ2) is 6.67. The Morgan fingerprint density at radius 2 is 1.73 bits per heavy atom. The summed E-state index contributed by atoms with van der Waals surface area (Å²) >= 11 is 0. The Hall–Kier alpha value is -2.26. The van der Waals surface area contributed by atoms with Gasteiger partial charge in [0.2, 0.25) is 0 Å². The van der Waals surface area contributed by atoms with Crippen molar-refractivity contribution in [3.8, 4) is 5.75 Å². The number of fused-ring (bicyclic) bond motifs is 1. The van der Waals surface area contributed by atoms with Crippen LogP contribution in [0.1, 0.15) is 25.0 Å². The summed E-state index contributed by atoms with van der Waals surface area (Å²) in [5.41, 5.74) is 3.68. The Kier molecular flexibility index (Phi) is 4.45. The molecule has 1 heterocycles. The lowest BCUT2D eigenvalue weighted by molar-refractivity contribution is 0.239. The molecule has 0 amide bonds. The summed E-state index contributed by atoms with van der Waals surface area (Å²) in [7, 11) is 0. The third-order valence-electron chi connectivity index (χ3n) is 3.65. The monoisotopic (exact) mass is 294 g/mol. The van der Waals surface area contributed by atoms with Crippen LogP contribution < -0.4 is 10.1 Å². The minimum Gasteiger partial charge on any atom is -0.491 e. The van der Waals surface area contributed by atoms with Gasteiger partial charge in [0, 0.05) is 35.8 Å². The normalized spacial score (nSPS) is 11.2. The summed E-state index contributed by atoms with van der Waals surface area (Å²) in [6.45, 7) is 5.74. The molecule has 0 aliphatic rings. The van der Waals surface area contributed by atoms with Crippen molar-refractivity contribution >= 4 is 10.9 Å². The highest BCUT2D eigenvalue weighted by Crippen LogP contribution is 2.20. The first-order valence-electron chi connectivity index (χ1n) is 7.74. The summed E-state index contributed by atoms with van der Waals surface area (Å²) in [6.07, 6.45) is 2.18. The average Bonchev–Trinajstić information content (AvgIpc) is 2.98. The van der Waals surface area contributed by atoms with Gasteiger partial charge in [-0.2, -0.15) is 0 Å². The zero-order chi connectivity index (χ0) is 15.4. The number of aromatic nitrogens is 1. The van der Waals surface area contributed by atoms with E-state index in [-0.39, 0.29) is 6.10 Å². The minimum atomic E-state index is 0.190. The van der Waals surface area contributed by atoms with E-state index in [2.05, 4.69) is 60.5 Å². The van der Waals surface area contributed by atoms with E-state index >= 15 is 0 Å². The fourth-order valence-electron chi connectivity index (χ4n) is 2.66. The lowest BCUT2D eigenvalue weighted by atomic mass is 10.1. The maximum absolute atomic E-state index is 5.86. The SMILES string of the molecule is CC(C)Oc1ccccc1CNCc1cccc2[nH]ccc12. The van der Waals surface area contributed by atoms with Crippen molar-refractivity contribution in [2.45, 2.75) is 33.0 Å². The second-order valence-electron chi connectivity index (χ2n) is 5.73. The van der Waals surface area contributed by atoms with Crippen LogP contribution in [0.2, 0.25) is 0 Å². The van der Waals surface area contributed by atoms with Crippen LogP contribution in [0.15, 0.2) is 54.7 Å². The Labute approximate surface area is 131 Å². The quantitative estimate of drug-likeness (QED) is 0.713. The van der Waals surface area contributed by atoms with Gasteiger partial charge in [0.15, 0.2) is 0 Å². The van der Waals surface area contributed by atoms with Gasteiger partial charge in [-0.05, 0) is 37.6 Å². The van der Waals surface area contributed by atoms with Crippen molar-refractivity contribution in [3.05, 3.63) is 65.9 Å². The van der Waals surface area contributed by atoms with Crippen molar-refractivity contribution < 1.29 is 4.74 Å². The fraction of sp³-hybridized carbons (Fsp3) is 0.263. The number of hydrogen-bond acceptors (Lipinski definition) is 2. The van der Waals surface area contributed by atoms with Gasteiger partial charge in [-0.15, -0.1) is 0 Å². The largest absolute Gasteiger partial charge is 0.491 e. The molecule has 0 unspecified atom stereocenters. The maximum atomic E-state index is 5.86. The summed E-state index contributed by atoms with van der Waals surface area (Å²) in [5.74, 6) is 0.963. The topological polar surface area (TPSA) is 37.0 Å². The van der Waals surface area contributed by atoms with E-state index in [0.717, 1.165) is 18.8 Å². The Morgan fingerprint density at radius 3 is 2.59 bits per heavy atom. The molecule has 0 aliphatic heterocycles. The second-order valence-corrected chi connectivity index (χ2v) is 5.73. The molecule has 0 radical (unpaired) electrons. The van der Waals surface area contributed by atoms with Gasteiger partial charge in [0.25, 0.3) is 0 Å². The molecule has 0 atom stereocenters. The Bertz CT molecular complexity index is 746. The van der Waals surface area contributed by atoms with Crippen LogP contribution in [-0.4, -0.2) is 11.1 Å². The predicted molar refractivity (Wildman–Crippen MR) is 91.0 cm³/mol. The molecule has 3 rings (SSSR count). The van der Waals surface area contributed by atoms with Crippen molar-refractivity contribution in [3.63, 3.8) is 0 Å². The van der Waals surface area contributed by atoms with E-state index in [4.69, 9.17) is 4.74 Å². The van der Waals surface area contributed by atoms with Crippen molar-refractivity contribution in [1.82, 2.24) is 10.3 Å². The van der Waals surface area contributed by atoms with Crippen LogP contribution in [0.25, 0.3) is 10.9 Å². The van der Waals surface area contributed by atoms with Crippen LogP contribution in [0.4, 0.5) is 0 Å². The molecule has 0 bridgehead atoms. The number of hydrogen-bond donors (Lipinski definition) is 2. The highest BCUT2D eigenvalue weighted by molar-refractivity contribution is 5.82. The molecule has 114 valence electrons. The van der Waals surface area contributed by atoms with E-state index in [1.165, 1.54) is 22.0 Å². The number of para-hydroxylation sites is 1. The van der Waals surface area contributed by atoms with Crippen LogP contribution >= 0.6 is 0 Å². The summed E-state index contributed by atoms with van der Waals surface area (Å²) in [6, 6.07) is 16.7. The van der Waals surface area contributed by atoms with Crippen molar-refractivity contribution in [1.29, 1.82) is 0 Å². The van der Waals surface area contributed by atoms with Gasteiger partial charge >= 0.3 is 0 Å². The molecule has 3 heteroatoms. The van der Waals surface area contributed by atoms with E-state index in [1.807, 2.05) is 18.3 Å². The molecule has 1 aromatic heterocycles. The first-order chi connectivity index (χ1) is 10.7. The van der Waals surface area contributed by atoms with Crippen LogP contribution in [0.5, 0.6) is 5.75 Å². The third kappa shape index (κ3) is 3.31. The van der Waals surface area contributed by atoms with Crippen LogP contribution in [0, 0.1) is 0 Å². The first kappa shape index (κ1) is 14.7. The fourth-order valence-corrected chi connectivity index (χ4v) is 2.66. The van der Waals surface area contributed by atoms with Gasteiger partial charge in [0.05, 0.1) is 6.10 Å². The first-order valence-corrected chi connectivity index (χ1v) is 7.74. The lowest BCUT2D eigenvalue weighted by Crippen LogP contribution is -2.15. The molecule has 2 aromatic carbocycles. The highest BCUT2D eigenvalue weighted by Gasteiger charge is 2.05. The van der Waals surface area contributed by atoms with Gasteiger partial charge in [-0.1, -0.05) is 30.3 Å². The molecule has 3 aromatic rings. The Morgan fingerprint density at radius 1 is 0.955 bits per heavy atom. The van der Waals surface area contributed by atoms with E-state index in [9.17, 15) is 0 Å². The number of ether oxygens (including phenoxy) is 1. The highest BCUT2D eigenvalue weighted by atomic mass is 16.5. The molecular formula is C19H22N2O. The zero-order valence-electron chi connectivity index (χ0n) is 13.1. The molecule has 0 saturated carbocycles. The number of rotatable bonds is 6. The van der Waals surface area contributed by atoms with Crippen molar-refractivity contribution in [2.75, 3.05) is 0 Å². The van der Waals surface area contributed by atoms with Gasteiger partial charge in [-0.25, -0.2) is 0 Å². The van der Waals surface area contributed by atoms with Gasteiger partial charge < -0.3 is 15.0 Å². The van der Waals surface area contributed by atoms with Gasteiger partial charge in [-0.3, -0.25) is 0 Å². The number of nitrogens with one attached hydrogen (secondary N) is 2. The predicted octanol–water partition coefficient (Wildman–Crippen LogP) is 4.24. The number of benzene rings is 2. The average molecular weight is 294 g/mol. The number of H-pyrrole nitrogens is 1. The van der Waals surface area contributed by atoms with E-state index in [0.29, 0.717) is 0 Å². The maximum Gasteiger partial charge on any atom is 0.124 e. The third-order valence-corrected chi connectivity index (χ3v) is 3.65. The van der Waals surface area contributed by atoms with E-state index in [1.54, 1.807) is 0 Å². The molecule has 0 saturated heterocycles. The van der Waals surface area contributed by atoms with Crippen molar-refractivity contribution in [2.24, 2.45) is 0 Å². The smallest absolute Gasteiger partial charge is 0.124 e. The summed E-state index contributed by atoms with van der Waals surface area (Å²) < 4.78 is 5.86. The minimum absolute atomic E-state index is 0.190. The number of aromatic amines is 1. The zero-order valence-corrected chi connectivity index (χ0v) is 13.1. The molecule has 3 nitrogen and oxygen atoms in total. The van der Waals surface area contributed by atoms with E-state index < -0.39 is 0 Å². The van der Waals surface area contributed by atoms with Gasteiger partial charge in [0.1, 0.15) is 5.75 Å². The van der Waals surface area contributed by atoms with Crippen LogP contribution in [0.3, 0.4) is 0 Å². The molecule has 22 heavy (non-hydrogen) atoms. The lowest BCUT2D eigenvalue weighted by Gasteiger charge is -2.14. The standard InChI is InChI=1S/C19H22N2O/c1-14(2)22-19-9-4-3-6-16(19)13-20-12-15-7-5-8-18-17(15)10-11-21-18/h3-11,14,20-21H,12-13H2,1-2H3.